The van der Waals surface area contributed by atoms with E-state index in [0.717, 1.165) is 72.3 Å². The molecule has 0 saturated carbocycles. The molecule has 15 heteroatoms. The third-order valence-corrected chi connectivity index (χ3v) is 13.4. The van der Waals surface area contributed by atoms with Crippen LogP contribution in [0.1, 0.15) is 83.9 Å². The molecule has 3 fully saturated rings. The van der Waals surface area contributed by atoms with Crippen molar-refractivity contribution in [3.05, 3.63) is 59.3 Å². The standard InChI is InChI=1S/C48H68N8O7/c1-32-25-33(26-36-29-55(50-41(32)36)30-62-44(59)47(2,3)4)27-39(43(58)53-23-21-52(22-24-53)37-15-17-51(8)18-16-37)49-46(61)54-19-13-34(14-20-54)38-28-35-11-9-10-12-40(35)56(42(38)57)31-63-45(60)48(5,6)7/h9-12,25-26,29,34,37-39H,13-24,27-28,30-31H2,1-8H3,(H,49,61)/t38?,39-/m1/s1. The lowest BCUT2D eigenvalue weighted by Gasteiger charge is -2.43. The second-order valence-electron chi connectivity index (χ2n) is 20.3. The Bertz CT molecular complexity index is 2150. The van der Waals surface area contributed by atoms with E-state index in [1.54, 1.807) is 35.3 Å². The van der Waals surface area contributed by atoms with Crippen molar-refractivity contribution in [2.75, 3.05) is 71.0 Å². The van der Waals surface area contributed by atoms with Crippen LogP contribution < -0.4 is 10.2 Å². The molecular formula is C48H68N8O7. The van der Waals surface area contributed by atoms with Crippen LogP contribution in [0, 0.1) is 29.6 Å². The average Bonchev–Trinajstić information content (AvgIpc) is 3.67. The van der Waals surface area contributed by atoms with Crippen LogP contribution >= 0.6 is 0 Å². The number of hydrogen-bond donors (Lipinski definition) is 1. The first-order valence-electron chi connectivity index (χ1n) is 22.8. The fraction of sp³-hybridized carbons (Fsp3) is 0.625. The van der Waals surface area contributed by atoms with Crippen LogP contribution in [0.3, 0.4) is 0 Å². The maximum Gasteiger partial charge on any atom is 0.318 e. The van der Waals surface area contributed by atoms with Crippen molar-refractivity contribution in [2.24, 2.45) is 22.7 Å². The fourth-order valence-electron chi connectivity index (χ4n) is 9.46. The minimum Gasteiger partial charge on any atom is -0.443 e. The lowest BCUT2D eigenvalue weighted by molar-refractivity contribution is -0.157. The molecule has 0 radical (unpaired) electrons. The number of ether oxygens (including phenoxy) is 2. The zero-order valence-electron chi connectivity index (χ0n) is 38.7. The largest absolute Gasteiger partial charge is 0.443 e. The van der Waals surface area contributed by atoms with Gasteiger partial charge in [0.2, 0.25) is 11.8 Å². The number of carbonyl (C=O) groups excluding carboxylic acids is 5. The molecule has 0 spiro atoms. The van der Waals surface area contributed by atoms with Gasteiger partial charge < -0.3 is 29.5 Å². The van der Waals surface area contributed by atoms with Crippen molar-refractivity contribution >= 4 is 46.4 Å². The molecule has 7 rings (SSSR count). The minimum atomic E-state index is -0.800. The normalized spacial score (nSPS) is 20.4. The molecule has 2 atom stereocenters. The zero-order chi connectivity index (χ0) is 45.2. The number of para-hydroxylation sites is 1. The first kappa shape index (κ1) is 46.0. The number of rotatable bonds is 10. The number of carbonyl (C=O) groups is 5. The Labute approximate surface area is 372 Å². The highest BCUT2D eigenvalue weighted by Crippen LogP contribution is 2.38. The molecule has 2 aromatic carbocycles. The van der Waals surface area contributed by atoms with Crippen molar-refractivity contribution in [3.8, 4) is 0 Å². The Morgan fingerprint density at radius 2 is 1.44 bits per heavy atom. The molecule has 3 saturated heterocycles. The van der Waals surface area contributed by atoms with Gasteiger partial charge in [0.15, 0.2) is 13.5 Å². The first-order valence-corrected chi connectivity index (χ1v) is 22.8. The Balaban J connectivity index is 1.03. The predicted octanol–water partition coefficient (Wildman–Crippen LogP) is 5.21. The van der Waals surface area contributed by atoms with E-state index >= 15 is 0 Å². The van der Waals surface area contributed by atoms with Gasteiger partial charge in [-0.15, -0.1) is 0 Å². The summed E-state index contributed by atoms with van der Waals surface area (Å²) in [6.07, 6.45) is 6.24. The van der Waals surface area contributed by atoms with Gasteiger partial charge in [0.25, 0.3) is 0 Å². The summed E-state index contributed by atoms with van der Waals surface area (Å²) >= 11 is 0. The number of likely N-dealkylation sites (tertiary alicyclic amines) is 2. The summed E-state index contributed by atoms with van der Waals surface area (Å²) in [6.45, 7) is 18.5. The van der Waals surface area contributed by atoms with E-state index in [4.69, 9.17) is 9.47 Å². The zero-order valence-corrected chi connectivity index (χ0v) is 38.7. The smallest absolute Gasteiger partial charge is 0.318 e. The molecule has 15 nitrogen and oxygen atoms in total. The van der Waals surface area contributed by atoms with E-state index in [0.29, 0.717) is 57.9 Å². The number of piperazine rings is 1. The number of benzene rings is 2. The summed E-state index contributed by atoms with van der Waals surface area (Å²) in [5, 5.41) is 8.70. The Morgan fingerprint density at radius 3 is 2.10 bits per heavy atom. The van der Waals surface area contributed by atoms with Gasteiger partial charge >= 0.3 is 18.0 Å². The molecule has 4 aliphatic rings. The van der Waals surface area contributed by atoms with Gasteiger partial charge in [0, 0.05) is 69.2 Å². The molecular weight excluding hydrogens is 801 g/mol. The number of aryl methyl sites for hydroxylation is 1. The van der Waals surface area contributed by atoms with E-state index in [1.165, 1.54) is 0 Å². The first-order chi connectivity index (χ1) is 29.8. The quantitative estimate of drug-likeness (QED) is 0.269. The summed E-state index contributed by atoms with van der Waals surface area (Å²) in [5.74, 6) is -1.13. The summed E-state index contributed by atoms with van der Waals surface area (Å²) in [5.41, 5.74) is 3.05. The number of esters is 2. The van der Waals surface area contributed by atoms with E-state index in [9.17, 15) is 24.0 Å². The summed E-state index contributed by atoms with van der Waals surface area (Å²) in [4.78, 5) is 78.2. The number of nitrogens with one attached hydrogen (secondary N) is 1. The second-order valence-corrected chi connectivity index (χ2v) is 20.3. The van der Waals surface area contributed by atoms with Gasteiger partial charge in [-0.25, -0.2) is 9.48 Å². The molecule has 0 bridgehead atoms. The highest BCUT2D eigenvalue weighted by atomic mass is 16.6. The lowest BCUT2D eigenvalue weighted by atomic mass is 9.77. The number of hydrogen-bond acceptors (Lipinski definition) is 10. The number of anilines is 1. The van der Waals surface area contributed by atoms with E-state index in [-0.39, 0.29) is 55.1 Å². The van der Waals surface area contributed by atoms with Crippen LogP contribution in [0.2, 0.25) is 0 Å². The van der Waals surface area contributed by atoms with Crippen LogP contribution in [0.5, 0.6) is 0 Å². The monoisotopic (exact) mass is 869 g/mol. The van der Waals surface area contributed by atoms with Gasteiger partial charge in [-0.3, -0.25) is 29.0 Å². The summed E-state index contributed by atoms with van der Waals surface area (Å²) in [6, 6.07) is 11.2. The molecule has 1 N–H and O–H groups in total. The van der Waals surface area contributed by atoms with E-state index in [1.807, 2.05) is 75.2 Å². The molecule has 63 heavy (non-hydrogen) atoms. The predicted molar refractivity (Wildman–Crippen MR) is 241 cm³/mol. The number of aromatic nitrogens is 2. The van der Waals surface area contributed by atoms with Gasteiger partial charge in [0.1, 0.15) is 6.04 Å². The van der Waals surface area contributed by atoms with Gasteiger partial charge in [0.05, 0.1) is 22.0 Å². The molecule has 4 aliphatic heterocycles. The Kier molecular flexibility index (Phi) is 13.9. The third kappa shape index (κ3) is 10.9. The summed E-state index contributed by atoms with van der Waals surface area (Å²) in [7, 11) is 2.17. The number of piperidine rings is 2. The van der Waals surface area contributed by atoms with Crippen LogP contribution in [-0.4, -0.2) is 137 Å². The number of urea groups is 1. The highest BCUT2D eigenvalue weighted by molar-refractivity contribution is 5.98. The topological polar surface area (TPSA) is 150 Å². The van der Waals surface area contributed by atoms with E-state index in [2.05, 4.69) is 27.3 Å². The van der Waals surface area contributed by atoms with Crippen molar-refractivity contribution in [2.45, 2.75) is 106 Å². The third-order valence-electron chi connectivity index (χ3n) is 13.4. The van der Waals surface area contributed by atoms with Gasteiger partial charge in [-0.1, -0.05) is 24.3 Å². The van der Waals surface area contributed by atoms with Crippen LogP contribution in [0.15, 0.2) is 42.6 Å². The van der Waals surface area contributed by atoms with Gasteiger partial charge in [-0.05, 0) is 135 Å². The van der Waals surface area contributed by atoms with E-state index < -0.39 is 16.9 Å². The minimum absolute atomic E-state index is 0.00964. The van der Waals surface area contributed by atoms with Crippen molar-refractivity contribution in [3.63, 3.8) is 0 Å². The SMILES string of the molecule is Cc1cc(C[C@@H](NC(=O)N2CCC(C3Cc4ccccc4N(COC(=O)C(C)(C)C)C3=O)CC2)C(=O)N2CCN(C3CCN(C)CC3)CC2)cc2cn(COC(=O)C(C)(C)C)nc12. The second kappa shape index (κ2) is 19.0. The van der Waals surface area contributed by atoms with Crippen molar-refractivity contribution in [1.82, 2.24) is 34.7 Å². The molecule has 3 aromatic rings. The number of nitrogens with zero attached hydrogens (tertiary/aromatic N) is 7. The molecule has 5 heterocycles. The van der Waals surface area contributed by atoms with Crippen LogP contribution in [0.4, 0.5) is 10.5 Å². The molecule has 0 aliphatic carbocycles. The molecule has 1 unspecified atom stereocenters. The molecule has 4 amide bonds. The van der Waals surface area contributed by atoms with Crippen molar-refractivity contribution < 1.29 is 33.4 Å². The highest BCUT2D eigenvalue weighted by Gasteiger charge is 2.41. The van der Waals surface area contributed by atoms with Crippen molar-refractivity contribution in [1.29, 1.82) is 0 Å². The van der Waals surface area contributed by atoms with Crippen LogP contribution in [-0.2, 0) is 48.2 Å². The maximum absolute atomic E-state index is 14.5. The van der Waals surface area contributed by atoms with Gasteiger partial charge in [-0.2, -0.15) is 5.10 Å². The average molecular weight is 869 g/mol. The number of fused-ring (bicyclic) bond motifs is 2. The fourth-order valence-corrected chi connectivity index (χ4v) is 9.46. The number of amides is 4. The maximum atomic E-state index is 14.5. The summed E-state index contributed by atoms with van der Waals surface area (Å²) < 4.78 is 12.8. The molecule has 342 valence electrons. The lowest BCUT2D eigenvalue weighted by Crippen LogP contribution is -2.59. The molecule has 1 aromatic heterocycles. The Morgan fingerprint density at radius 1 is 0.810 bits per heavy atom. The Hall–Kier alpha value is -5.02. The van der Waals surface area contributed by atoms with Crippen LogP contribution in [0.25, 0.3) is 10.9 Å².